The number of hydrogen-bond acceptors (Lipinski definition) is 4. The zero-order valence-electron chi connectivity index (χ0n) is 11.4. The van der Waals surface area contributed by atoms with Gasteiger partial charge in [0.25, 0.3) is 0 Å². The molecule has 1 aliphatic rings. The maximum atomic E-state index is 11.5. The number of benzene rings is 1. The molecule has 1 atom stereocenters. The number of hydrogen-bond donors (Lipinski definition) is 1. The number of halogens is 1. The van der Waals surface area contributed by atoms with Crippen molar-refractivity contribution in [1.82, 2.24) is 9.88 Å². The normalized spacial score (nSPS) is 18.7. The molecule has 0 saturated heterocycles. The number of nitrogens with zero attached hydrogens (tertiary/aromatic N) is 2. The van der Waals surface area contributed by atoms with Gasteiger partial charge in [-0.05, 0) is 35.8 Å². The summed E-state index contributed by atoms with van der Waals surface area (Å²) >= 11 is 3.51. The van der Waals surface area contributed by atoms with Crippen LogP contribution in [0.1, 0.15) is 31.1 Å². The second kappa shape index (κ2) is 4.82. The molecule has 2 aromatic rings. The van der Waals surface area contributed by atoms with E-state index in [-0.39, 0.29) is 12.1 Å². The molecule has 1 aliphatic heterocycles. The molecule has 104 valence electrons. The summed E-state index contributed by atoms with van der Waals surface area (Å²) in [5, 5.41) is 0.899. The van der Waals surface area contributed by atoms with Crippen LogP contribution in [0.4, 0.5) is 5.69 Å². The summed E-state index contributed by atoms with van der Waals surface area (Å²) in [5.41, 5.74) is 9.64. The van der Waals surface area contributed by atoms with Crippen molar-refractivity contribution in [3.8, 4) is 0 Å². The molecule has 0 bridgehead atoms. The third-order valence-corrected chi connectivity index (χ3v) is 4.54. The Kier molecular flexibility index (Phi) is 3.26. The fraction of sp³-hybridized carbons (Fsp3) is 0.333. The number of fused-ring (bicyclic) bond motifs is 2. The molecule has 5 heteroatoms. The van der Waals surface area contributed by atoms with Crippen molar-refractivity contribution in [2.24, 2.45) is 0 Å². The van der Waals surface area contributed by atoms with Crippen LogP contribution in [0.25, 0.3) is 10.9 Å². The largest absolute Gasteiger partial charge is 0.398 e. The summed E-state index contributed by atoms with van der Waals surface area (Å²) in [5.74, 6) is 0. The lowest BCUT2D eigenvalue weighted by Gasteiger charge is -2.24. The number of nitrogen functional groups attached to an aromatic ring is 1. The van der Waals surface area contributed by atoms with E-state index < -0.39 is 0 Å². The van der Waals surface area contributed by atoms with Crippen molar-refractivity contribution in [1.29, 1.82) is 0 Å². The Morgan fingerprint density at radius 1 is 1.50 bits per heavy atom. The van der Waals surface area contributed by atoms with Gasteiger partial charge in [-0.15, -0.1) is 0 Å². The highest BCUT2D eigenvalue weighted by Crippen LogP contribution is 2.40. The molecule has 0 fully saturated rings. The van der Waals surface area contributed by atoms with Crippen LogP contribution in [0, 0.1) is 0 Å². The first kappa shape index (κ1) is 13.5. The van der Waals surface area contributed by atoms with Gasteiger partial charge in [0.2, 0.25) is 0 Å². The zero-order chi connectivity index (χ0) is 14.4. The van der Waals surface area contributed by atoms with E-state index in [1.165, 1.54) is 0 Å². The highest BCUT2D eigenvalue weighted by molar-refractivity contribution is 9.10. The van der Waals surface area contributed by atoms with Gasteiger partial charge < -0.3 is 10.5 Å². The molecule has 0 saturated carbocycles. The van der Waals surface area contributed by atoms with Gasteiger partial charge in [-0.1, -0.05) is 12.1 Å². The third kappa shape index (κ3) is 1.84. The van der Waals surface area contributed by atoms with Gasteiger partial charge in [-0.3, -0.25) is 4.90 Å². The zero-order valence-corrected chi connectivity index (χ0v) is 13.0. The summed E-state index contributed by atoms with van der Waals surface area (Å²) in [6.07, 6.45) is 0.966. The molecule has 0 amide bonds. The van der Waals surface area contributed by atoms with Gasteiger partial charge in [0.15, 0.2) is 0 Å². The van der Waals surface area contributed by atoms with Gasteiger partial charge in [0.05, 0.1) is 17.3 Å². The van der Waals surface area contributed by atoms with E-state index in [4.69, 9.17) is 10.7 Å². The Hall–Kier alpha value is -1.46. The third-order valence-electron chi connectivity index (χ3n) is 3.90. The first-order valence-electron chi connectivity index (χ1n) is 6.62. The van der Waals surface area contributed by atoms with E-state index >= 15 is 0 Å². The molecule has 1 unspecified atom stereocenters. The van der Waals surface area contributed by atoms with Crippen LogP contribution in [0.15, 0.2) is 22.7 Å². The molecular formula is C15H16BrN3O. The lowest BCUT2D eigenvalue weighted by atomic mass is 10.0. The summed E-state index contributed by atoms with van der Waals surface area (Å²) in [6, 6.07) is 5.81. The number of pyridine rings is 1. The van der Waals surface area contributed by atoms with Crippen LogP contribution in [0.3, 0.4) is 0 Å². The Morgan fingerprint density at radius 2 is 2.25 bits per heavy atom. The maximum Gasteiger partial charge on any atom is 0.141 e. The Bertz CT molecular complexity index is 699. The number of rotatable bonds is 2. The minimum atomic E-state index is -0.291. The standard InChI is InChI=1S/C15H16BrN3O/c1-8(2)19-6-11-13(12(19)7-20)14(17)9-4-3-5-10(16)15(9)18-11/h3-5,7-8,12H,6H2,1-2H3,(H2,17,18). The number of carbonyl (C=O) groups is 1. The highest BCUT2D eigenvalue weighted by atomic mass is 79.9. The molecule has 0 radical (unpaired) electrons. The van der Waals surface area contributed by atoms with E-state index in [0.29, 0.717) is 12.2 Å². The van der Waals surface area contributed by atoms with Gasteiger partial charge in [-0.25, -0.2) is 4.98 Å². The lowest BCUT2D eigenvalue weighted by Crippen LogP contribution is -2.30. The van der Waals surface area contributed by atoms with Crippen molar-refractivity contribution < 1.29 is 4.79 Å². The van der Waals surface area contributed by atoms with E-state index in [1.54, 1.807) is 0 Å². The molecule has 3 rings (SSSR count). The Balaban J connectivity index is 2.29. The van der Waals surface area contributed by atoms with Crippen LogP contribution in [-0.2, 0) is 11.3 Å². The average molecular weight is 334 g/mol. The molecule has 0 spiro atoms. The Labute approximate surface area is 126 Å². The quantitative estimate of drug-likeness (QED) is 0.858. The van der Waals surface area contributed by atoms with Crippen LogP contribution in [-0.4, -0.2) is 22.2 Å². The molecule has 4 nitrogen and oxygen atoms in total. The van der Waals surface area contributed by atoms with E-state index in [0.717, 1.165) is 32.9 Å². The molecular weight excluding hydrogens is 318 g/mol. The molecule has 1 aromatic carbocycles. The summed E-state index contributed by atoms with van der Waals surface area (Å²) in [4.78, 5) is 18.3. The maximum absolute atomic E-state index is 11.5. The second-order valence-corrected chi connectivity index (χ2v) is 6.22. The molecule has 2 N–H and O–H groups in total. The van der Waals surface area contributed by atoms with Crippen molar-refractivity contribution in [2.75, 3.05) is 5.73 Å². The van der Waals surface area contributed by atoms with Gasteiger partial charge in [-0.2, -0.15) is 0 Å². The van der Waals surface area contributed by atoms with E-state index in [9.17, 15) is 4.79 Å². The number of carbonyl (C=O) groups excluding carboxylic acids is 1. The number of aromatic nitrogens is 1. The van der Waals surface area contributed by atoms with Gasteiger partial charge >= 0.3 is 0 Å². The first-order valence-corrected chi connectivity index (χ1v) is 7.41. The van der Waals surface area contributed by atoms with Crippen LogP contribution < -0.4 is 5.73 Å². The smallest absolute Gasteiger partial charge is 0.141 e. The van der Waals surface area contributed by atoms with Crippen molar-refractivity contribution in [2.45, 2.75) is 32.5 Å². The topological polar surface area (TPSA) is 59.2 Å². The van der Waals surface area contributed by atoms with Gasteiger partial charge in [0, 0.05) is 33.7 Å². The minimum absolute atomic E-state index is 0.269. The monoisotopic (exact) mass is 333 g/mol. The summed E-state index contributed by atoms with van der Waals surface area (Å²) < 4.78 is 0.926. The molecule has 0 aliphatic carbocycles. The van der Waals surface area contributed by atoms with Crippen molar-refractivity contribution in [3.05, 3.63) is 33.9 Å². The summed E-state index contributed by atoms with van der Waals surface area (Å²) in [6.45, 7) is 4.82. The van der Waals surface area contributed by atoms with Gasteiger partial charge in [0.1, 0.15) is 6.29 Å². The van der Waals surface area contributed by atoms with Crippen LogP contribution in [0.5, 0.6) is 0 Å². The first-order chi connectivity index (χ1) is 9.54. The summed E-state index contributed by atoms with van der Waals surface area (Å²) in [7, 11) is 0. The fourth-order valence-corrected chi connectivity index (χ4v) is 3.33. The number of anilines is 1. The number of nitrogens with two attached hydrogens (primary N) is 1. The molecule has 2 heterocycles. The molecule has 1 aromatic heterocycles. The minimum Gasteiger partial charge on any atom is -0.398 e. The Morgan fingerprint density at radius 3 is 2.90 bits per heavy atom. The van der Waals surface area contributed by atoms with Crippen LogP contribution in [0.2, 0.25) is 0 Å². The van der Waals surface area contributed by atoms with E-state index in [1.807, 2.05) is 18.2 Å². The second-order valence-electron chi connectivity index (χ2n) is 5.37. The number of para-hydroxylation sites is 1. The lowest BCUT2D eigenvalue weighted by molar-refractivity contribution is -0.112. The predicted octanol–water partition coefficient (Wildman–Crippen LogP) is 3.04. The average Bonchev–Trinajstić information content (AvgIpc) is 2.79. The van der Waals surface area contributed by atoms with Crippen LogP contribution >= 0.6 is 15.9 Å². The van der Waals surface area contributed by atoms with E-state index in [2.05, 4.69) is 34.7 Å². The highest BCUT2D eigenvalue weighted by Gasteiger charge is 2.35. The fourth-order valence-electron chi connectivity index (χ4n) is 2.88. The van der Waals surface area contributed by atoms with Crippen molar-refractivity contribution in [3.63, 3.8) is 0 Å². The SMILES string of the molecule is CC(C)N1Cc2nc3c(Br)cccc3c(N)c2C1C=O. The number of aldehydes is 1. The predicted molar refractivity (Wildman–Crippen MR) is 83.3 cm³/mol. The van der Waals surface area contributed by atoms with Crippen molar-refractivity contribution >= 4 is 38.8 Å². The molecule has 20 heavy (non-hydrogen) atoms.